The highest BCUT2D eigenvalue weighted by Gasteiger charge is 2.21. The Morgan fingerprint density at radius 1 is 1.32 bits per heavy atom. The fourth-order valence-corrected chi connectivity index (χ4v) is 3.42. The Morgan fingerprint density at radius 3 is 2.80 bits per heavy atom. The number of aliphatic hydroxyl groups excluding tert-OH is 1. The molecule has 1 aromatic heterocycles. The molecule has 1 aliphatic rings. The average molecular weight is 344 g/mol. The van der Waals surface area contributed by atoms with E-state index in [2.05, 4.69) is 32.5 Å². The number of aromatic nitrogens is 2. The van der Waals surface area contributed by atoms with Gasteiger partial charge in [0.05, 0.1) is 24.6 Å². The molecule has 3 rings (SSSR count). The minimum Gasteiger partial charge on any atom is -0.389 e. The predicted octanol–water partition coefficient (Wildman–Crippen LogP) is 1.64. The Kier molecular flexibility index (Phi) is 6.58. The number of hydrogen-bond acceptors (Lipinski definition) is 5. The fraction of sp³-hybridized carbons (Fsp3) is 0.526. The number of piperidine rings is 1. The Morgan fingerprint density at radius 2 is 2.08 bits per heavy atom. The molecule has 136 valence electrons. The van der Waals surface area contributed by atoms with Gasteiger partial charge in [-0.3, -0.25) is 5.10 Å². The standard InChI is InChI=1S/C19H28N4O2/c1-25-14-18(24)13-23-9-7-17(8-10-23)20-11-16-12-21-22-19(16)15-5-3-2-4-6-15/h2-6,12,17-18,20,24H,7-11,13-14H2,1H3,(H,21,22). The first kappa shape index (κ1) is 18.1. The van der Waals surface area contributed by atoms with Crippen molar-refractivity contribution in [2.75, 3.05) is 33.4 Å². The van der Waals surface area contributed by atoms with Crippen molar-refractivity contribution in [3.05, 3.63) is 42.1 Å². The van der Waals surface area contributed by atoms with Crippen molar-refractivity contribution in [2.45, 2.75) is 31.5 Å². The van der Waals surface area contributed by atoms with E-state index in [1.807, 2.05) is 24.4 Å². The first-order valence-corrected chi connectivity index (χ1v) is 8.96. The summed E-state index contributed by atoms with van der Waals surface area (Å²) in [5, 5.41) is 20.8. The van der Waals surface area contributed by atoms with Gasteiger partial charge in [-0.2, -0.15) is 5.10 Å². The molecule has 1 fully saturated rings. The number of rotatable bonds is 8. The molecule has 1 unspecified atom stereocenters. The van der Waals surface area contributed by atoms with Gasteiger partial charge in [0.2, 0.25) is 0 Å². The number of β-amino-alcohol motifs (C(OH)–C–C–N with tert-alkyl or cyclic N) is 1. The smallest absolute Gasteiger partial charge is 0.0900 e. The number of nitrogens with zero attached hydrogens (tertiary/aromatic N) is 2. The molecule has 0 radical (unpaired) electrons. The number of benzene rings is 1. The van der Waals surface area contributed by atoms with Gasteiger partial charge in [-0.25, -0.2) is 0 Å². The summed E-state index contributed by atoms with van der Waals surface area (Å²) in [4.78, 5) is 2.31. The van der Waals surface area contributed by atoms with E-state index in [0.29, 0.717) is 19.2 Å². The molecule has 2 heterocycles. The van der Waals surface area contributed by atoms with Crippen LogP contribution in [-0.4, -0.2) is 65.7 Å². The molecule has 3 N–H and O–H groups in total. The van der Waals surface area contributed by atoms with Crippen LogP contribution in [0.4, 0.5) is 0 Å². The van der Waals surface area contributed by atoms with E-state index in [4.69, 9.17) is 4.74 Å². The zero-order chi connectivity index (χ0) is 17.5. The Labute approximate surface area is 149 Å². The van der Waals surface area contributed by atoms with Crippen molar-refractivity contribution >= 4 is 0 Å². The quantitative estimate of drug-likeness (QED) is 0.679. The molecular weight excluding hydrogens is 316 g/mol. The van der Waals surface area contributed by atoms with Gasteiger partial charge < -0.3 is 20.1 Å². The second-order valence-corrected chi connectivity index (χ2v) is 6.70. The first-order valence-electron chi connectivity index (χ1n) is 8.96. The summed E-state index contributed by atoms with van der Waals surface area (Å²) in [6.07, 6.45) is 3.70. The van der Waals surface area contributed by atoms with Gasteiger partial charge in [0.25, 0.3) is 0 Å². The Balaban J connectivity index is 1.46. The summed E-state index contributed by atoms with van der Waals surface area (Å²) in [7, 11) is 1.62. The topological polar surface area (TPSA) is 73.4 Å². The largest absolute Gasteiger partial charge is 0.389 e. The van der Waals surface area contributed by atoms with Gasteiger partial charge in [-0.1, -0.05) is 30.3 Å². The molecule has 0 saturated carbocycles. The third kappa shape index (κ3) is 5.12. The third-order valence-corrected chi connectivity index (χ3v) is 4.78. The molecule has 0 bridgehead atoms. The van der Waals surface area contributed by atoms with E-state index in [9.17, 15) is 5.11 Å². The van der Waals surface area contributed by atoms with Gasteiger partial charge in [0.15, 0.2) is 0 Å². The maximum Gasteiger partial charge on any atom is 0.0900 e. The number of aliphatic hydroxyl groups is 1. The van der Waals surface area contributed by atoms with Crippen molar-refractivity contribution in [1.29, 1.82) is 0 Å². The average Bonchev–Trinajstić information content (AvgIpc) is 3.11. The van der Waals surface area contributed by atoms with E-state index in [1.165, 1.54) is 11.1 Å². The van der Waals surface area contributed by atoms with Crippen LogP contribution in [0.15, 0.2) is 36.5 Å². The Hall–Kier alpha value is -1.73. The molecule has 1 saturated heterocycles. The van der Waals surface area contributed by atoms with Crippen molar-refractivity contribution in [3.8, 4) is 11.3 Å². The molecule has 6 nitrogen and oxygen atoms in total. The van der Waals surface area contributed by atoms with Crippen molar-refractivity contribution < 1.29 is 9.84 Å². The number of H-pyrrole nitrogens is 1. The van der Waals surface area contributed by atoms with Crippen LogP contribution >= 0.6 is 0 Å². The molecule has 0 aliphatic carbocycles. The van der Waals surface area contributed by atoms with E-state index in [-0.39, 0.29) is 0 Å². The molecule has 1 aliphatic heterocycles. The Bertz CT molecular complexity index is 623. The molecule has 1 aromatic carbocycles. The van der Waals surface area contributed by atoms with Gasteiger partial charge in [-0.15, -0.1) is 0 Å². The highest BCUT2D eigenvalue weighted by Crippen LogP contribution is 2.21. The summed E-state index contributed by atoms with van der Waals surface area (Å²) in [5.41, 5.74) is 3.45. The number of ether oxygens (including phenoxy) is 1. The second kappa shape index (κ2) is 9.10. The van der Waals surface area contributed by atoms with Crippen molar-refractivity contribution in [3.63, 3.8) is 0 Å². The molecule has 0 spiro atoms. The number of aromatic amines is 1. The molecule has 25 heavy (non-hydrogen) atoms. The summed E-state index contributed by atoms with van der Waals surface area (Å²) < 4.78 is 5.00. The van der Waals surface area contributed by atoms with Gasteiger partial charge in [0.1, 0.15) is 0 Å². The van der Waals surface area contributed by atoms with Crippen molar-refractivity contribution in [2.24, 2.45) is 0 Å². The first-order chi connectivity index (χ1) is 12.3. The lowest BCUT2D eigenvalue weighted by Crippen LogP contribution is -2.45. The third-order valence-electron chi connectivity index (χ3n) is 4.78. The number of methoxy groups -OCH3 is 1. The normalized spacial score (nSPS) is 17.7. The molecule has 1 atom stereocenters. The summed E-state index contributed by atoms with van der Waals surface area (Å²) >= 11 is 0. The highest BCUT2D eigenvalue weighted by molar-refractivity contribution is 5.62. The van der Waals surface area contributed by atoms with Crippen LogP contribution in [0.3, 0.4) is 0 Å². The zero-order valence-electron chi connectivity index (χ0n) is 14.8. The SMILES string of the molecule is COCC(O)CN1CCC(NCc2cn[nH]c2-c2ccccc2)CC1. The summed E-state index contributed by atoms with van der Waals surface area (Å²) in [6.45, 7) is 3.93. The molecule has 6 heteroatoms. The lowest BCUT2D eigenvalue weighted by molar-refractivity contribution is 0.0310. The lowest BCUT2D eigenvalue weighted by Gasteiger charge is -2.33. The van der Waals surface area contributed by atoms with Crippen LogP contribution in [0.1, 0.15) is 18.4 Å². The minimum atomic E-state index is -0.395. The van der Waals surface area contributed by atoms with Crippen LogP contribution in [-0.2, 0) is 11.3 Å². The lowest BCUT2D eigenvalue weighted by atomic mass is 10.0. The number of hydrogen-bond donors (Lipinski definition) is 3. The van der Waals surface area contributed by atoms with Crippen LogP contribution in [0.2, 0.25) is 0 Å². The second-order valence-electron chi connectivity index (χ2n) is 6.70. The van der Waals surface area contributed by atoms with E-state index in [0.717, 1.165) is 38.2 Å². The van der Waals surface area contributed by atoms with Gasteiger partial charge in [0, 0.05) is 31.8 Å². The van der Waals surface area contributed by atoms with Crippen molar-refractivity contribution in [1.82, 2.24) is 20.4 Å². The molecule has 2 aromatic rings. The fourth-order valence-electron chi connectivity index (χ4n) is 3.42. The van der Waals surface area contributed by atoms with Gasteiger partial charge in [-0.05, 0) is 31.5 Å². The number of likely N-dealkylation sites (tertiary alicyclic amines) is 1. The monoisotopic (exact) mass is 344 g/mol. The zero-order valence-corrected chi connectivity index (χ0v) is 14.8. The predicted molar refractivity (Wildman–Crippen MR) is 98.2 cm³/mol. The summed E-state index contributed by atoms with van der Waals surface area (Å²) in [5.74, 6) is 0. The van der Waals surface area contributed by atoms with Crippen LogP contribution in [0.25, 0.3) is 11.3 Å². The number of nitrogens with one attached hydrogen (secondary N) is 2. The summed E-state index contributed by atoms with van der Waals surface area (Å²) in [6, 6.07) is 10.8. The molecule has 0 amide bonds. The van der Waals surface area contributed by atoms with Gasteiger partial charge >= 0.3 is 0 Å². The van der Waals surface area contributed by atoms with Crippen LogP contribution < -0.4 is 5.32 Å². The van der Waals surface area contributed by atoms with E-state index < -0.39 is 6.10 Å². The maximum absolute atomic E-state index is 9.84. The van der Waals surface area contributed by atoms with E-state index in [1.54, 1.807) is 7.11 Å². The van der Waals surface area contributed by atoms with Crippen LogP contribution in [0.5, 0.6) is 0 Å². The highest BCUT2D eigenvalue weighted by atomic mass is 16.5. The van der Waals surface area contributed by atoms with E-state index >= 15 is 0 Å². The van der Waals surface area contributed by atoms with Crippen LogP contribution in [0, 0.1) is 0 Å². The minimum absolute atomic E-state index is 0.395. The maximum atomic E-state index is 9.84. The molecular formula is C19H28N4O2.